The van der Waals surface area contributed by atoms with Crippen molar-refractivity contribution < 1.29 is 4.74 Å². The fourth-order valence-corrected chi connectivity index (χ4v) is 1.28. The van der Waals surface area contributed by atoms with Gasteiger partial charge >= 0.3 is 0 Å². The summed E-state index contributed by atoms with van der Waals surface area (Å²) < 4.78 is 5.38. The Morgan fingerprint density at radius 1 is 1.50 bits per heavy atom. The maximum absolute atomic E-state index is 5.38. The zero-order chi connectivity index (χ0) is 7.40. The topological polar surface area (TPSA) is 21.3 Å². The molecule has 0 aromatic heterocycles. The van der Waals surface area contributed by atoms with Gasteiger partial charge in [0.1, 0.15) is 6.10 Å². The van der Waals surface area contributed by atoms with Gasteiger partial charge in [-0.1, -0.05) is 0 Å². The summed E-state index contributed by atoms with van der Waals surface area (Å²) in [7, 11) is 0. The van der Waals surface area contributed by atoms with Gasteiger partial charge in [0.05, 0.1) is 0 Å². The molecule has 10 heavy (non-hydrogen) atoms. The molecule has 0 saturated carbocycles. The van der Waals surface area contributed by atoms with E-state index < -0.39 is 0 Å². The second kappa shape index (κ2) is 3.88. The molecule has 1 aliphatic heterocycles. The molecule has 0 unspecified atom stereocenters. The van der Waals surface area contributed by atoms with E-state index in [4.69, 9.17) is 17.0 Å². The minimum Gasteiger partial charge on any atom is -0.484 e. The first-order valence-corrected chi connectivity index (χ1v) is 4.08. The summed E-state index contributed by atoms with van der Waals surface area (Å²) in [6.07, 6.45) is 2.56. The van der Waals surface area contributed by atoms with Crippen LogP contribution in [0, 0.1) is 0 Å². The number of piperidine rings is 1. The van der Waals surface area contributed by atoms with E-state index in [1.165, 1.54) is 0 Å². The van der Waals surface area contributed by atoms with Crippen molar-refractivity contribution in [3.8, 4) is 0 Å². The molecular weight excluding hydrogens is 146 g/mol. The van der Waals surface area contributed by atoms with Crippen molar-refractivity contribution in [2.45, 2.75) is 25.9 Å². The Morgan fingerprint density at radius 2 is 2.10 bits per heavy atom. The molecule has 58 valence electrons. The standard InChI is InChI=1S/C7H13NOS/c1-6(10)9-7-2-4-8-5-3-7/h7-8H,2-5H2,1H3. The van der Waals surface area contributed by atoms with Crippen LogP contribution in [-0.2, 0) is 4.74 Å². The van der Waals surface area contributed by atoms with Gasteiger partial charge in [-0.25, -0.2) is 0 Å². The third-order valence-electron chi connectivity index (χ3n) is 1.62. The van der Waals surface area contributed by atoms with Gasteiger partial charge in [0.25, 0.3) is 0 Å². The lowest BCUT2D eigenvalue weighted by molar-refractivity contribution is 0.154. The van der Waals surface area contributed by atoms with Crippen molar-refractivity contribution in [1.82, 2.24) is 5.32 Å². The van der Waals surface area contributed by atoms with Crippen LogP contribution in [0.5, 0.6) is 0 Å². The lowest BCUT2D eigenvalue weighted by Gasteiger charge is -2.22. The summed E-state index contributed by atoms with van der Waals surface area (Å²) in [5.41, 5.74) is 0. The minimum absolute atomic E-state index is 0.374. The lowest BCUT2D eigenvalue weighted by Crippen LogP contribution is -2.33. The lowest BCUT2D eigenvalue weighted by atomic mass is 10.1. The minimum atomic E-state index is 0.374. The van der Waals surface area contributed by atoms with Gasteiger partial charge in [-0.05, 0) is 38.1 Å². The predicted octanol–water partition coefficient (Wildman–Crippen LogP) is 1.10. The molecular formula is C7H13NOS. The molecule has 0 aromatic carbocycles. The normalized spacial score (nSPS) is 20.5. The Labute approximate surface area is 66.9 Å². The first-order chi connectivity index (χ1) is 4.79. The highest BCUT2D eigenvalue weighted by Crippen LogP contribution is 2.07. The second-order valence-electron chi connectivity index (χ2n) is 2.56. The largest absolute Gasteiger partial charge is 0.484 e. The van der Waals surface area contributed by atoms with E-state index in [2.05, 4.69) is 5.32 Å². The molecule has 0 spiro atoms. The van der Waals surface area contributed by atoms with Crippen molar-refractivity contribution in [2.75, 3.05) is 13.1 Å². The first-order valence-electron chi connectivity index (χ1n) is 3.67. The molecule has 1 rings (SSSR count). The second-order valence-corrected chi connectivity index (χ2v) is 3.13. The van der Waals surface area contributed by atoms with Crippen molar-refractivity contribution in [2.24, 2.45) is 0 Å². The van der Waals surface area contributed by atoms with Crippen LogP contribution in [0.1, 0.15) is 19.8 Å². The van der Waals surface area contributed by atoms with Crippen molar-refractivity contribution >= 4 is 17.3 Å². The average molecular weight is 159 g/mol. The molecule has 0 atom stereocenters. The van der Waals surface area contributed by atoms with Crippen molar-refractivity contribution in [3.63, 3.8) is 0 Å². The third-order valence-corrected chi connectivity index (χ3v) is 1.72. The summed E-state index contributed by atoms with van der Waals surface area (Å²) in [6, 6.07) is 0. The van der Waals surface area contributed by atoms with Gasteiger partial charge in [-0.2, -0.15) is 0 Å². The molecule has 1 saturated heterocycles. The Morgan fingerprint density at radius 3 is 2.60 bits per heavy atom. The van der Waals surface area contributed by atoms with Crippen molar-refractivity contribution in [3.05, 3.63) is 0 Å². The maximum Gasteiger partial charge on any atom is 0.157 e. The van der Waals surface area contributed by atoms with Crippen LogP contribution >= 0.6 is 12.2 Å². The maximum atomic E-state index is 5.38. The molecule has 1 aliphatic rings. The van der Waals surface area contributed by atoms with Gasteiger partial charge in [0.2, 0.25) is 0 Å². The molecule has 0 bridgehead atoms. The zero-order valence-corrected chi connectivity index (χ0v) is 7.04. The van der Waals surface area contributed by atoms with Crippen LogP contribution in [0.4, 0.5) is 0 Å². The van der Waals surface area contributed by atoms with Crippen LogP contribution in [-0.4, -0.2) is 24.2 Å². The molecule has 0 amide bonds. The molecule has 1 N–H and O–H groups in total. The summed E-state index contributed by atoms with van der Waals surface area (Å²) >= 11 is 4.83. The number of nitrogens with one attached hydrogen (secondary N) is 1. The summed E-state index contributed by atoms with van der Waals surface area (Å²) in [5.74, 6) is 0. The summed E-state index contributed by atoms with van der Waals surface area (Å²) in [4.78, 5) is 0. The Bertz CT molecular complexity index is 121. The van der Waals surface area contributed by atoms with E-state index in [1.807, 2.05) is 6.92 Å². The van der Waals surface area contributed by atoms with E-state index in [-0.39, 0.29) is 0 Å². The number of hydrogen-bond donors (Lipinski definition) is 1. The van der Waals surface area contributed by atoms with Gasteiger partial charge in [0, 0.05) is 6.92 Å². The van der Waals surface area contributed by atoms with Gasteiger partial charge in [-0.15, -0.1) is 0 Å². The van der Waals surface area contributed by atoms with Crippen LogP contribution in [0.15, 0.2) is 0 Å². The molecule has 0 aliphatic carbocycles. The van der Waals surface area contributed by atoms with E-state index >= 15 is 0 Å². The quantitative estimate of drug-likeness (QED) is 0.579. The molecule has 0 radical (unpaired) electrons. The smallest absolute Gasteiger partial charge is 0.157 e. The summed E-state index contributed by atoms with van der Waals surface area (Å²) in [6.45, 7) is 3.96. The molecule has 2 nitrogen and oxygen atoms in total. The van der Waals surface area contributed by atoms with Gasteiger partial charge in [0.15, 0.2) is 5.05 Å². The fraction of sp³-hybridized carbons (Fsp3) is 0.857. The number of hydrogen-bond acceptors (Lipinski definition) is 3. The predicted molar refractivity (Wildman–Crippen MR) is 45.2 cm³/mol. The number of thiocarbonyl (C=S) groups is 1. The zero-order valence-electron chi connectivity index (χ0n) is 6.22. The number of ether oxygens (including phenoxy) is 1. The van der Waals surface area contributed by atoms with Crippen LogP contribution in [0.2, 0.25) is 0 Å². The Kier molecular flexibility index (Phi) is 3.09. The Hall–Kier alpha value is -0.150. The van der Waals surface area contributed by atoms with E-state index in [9.17, 15) is 0 Å². The monoisotopic (exact) mass is 159 g/mol. The van der Waals surface area contributed by atoms with Crippen molar-refractivity contribution in [1.29, 1.82) is 0 Å². The third kappa shape index (κ3) is 2.62. The molecule has 0 aromatic rings. The van der Waals surface area contributed by atoms with Gasteiger partial charge < -0.3 is 10.1 Å². The van der Waals surface area contributed by atoms with E-state index in [1.54, 1.807) is 0 Å². The fourth-order valence-electron chi connectivity index (χ4n) is 1.15. The van der Waals surface area contributed by atoms with Crippen LogP contribution < -0.4 is 5.32 Å². The molecule has 1 fully saturated rings. The SMILES string of the molecule is CC(=S)OC1CCNCC1. The highest BCUT2D eigenvalue weighted by Gasteiger charge is 2.13. The first kappa shape index (κ1) is 7.95. The Balaban J connectivity index is 2.19. The highest BCUT2D eigenvalue weighted by atomic mass is 32.1. The van der Waals surface area contributed by atoms with E-state index in [0.29, 0.717) is 11.2 Å². The summed E-state index contributed by atoms with van der Waals surface area (Å²) in [5, 5.41) is 3.94. The number of rotatable bonds is 1. The van der Waals surface area contributed by atoms with Gasteiger partial charge in [-0.3, -0.25) is 0 Å². The molecule has 3 heteroatoms. The van der Waals surface area contributed by atoms with Crippen LogP contribution in [0.25, 0.3) is 0 Å². The average Bonchev–Trinajstić information content (AvgIpc) is 1.88. The highest BCUT2D eigenvalue weighted by molar-refractivity contribution is 7.80. The molecule has 1 heterocycles. The van der Waals surface area contributed by atoms with Crippen LogP contribution in [0.3, 0.4) is 0 Å². The van der Waals surface area contributed by atoms with E-state index in [0.717, 1.165) is 25.9 Å².